The zero-order valence-electron chi connectivity index (χ0n) is 7.81. The molecule has 0 saturated carbocycles. The van der Waals surface area contributed by atoms with Crippen LogP contribution in [0.1, 0.15) is 13.3 Å². The zero-order chi connectivity index (χ0) is 11.4. The molecule has 0 unspecified atom stereocenters. The summed E-state index contributed by atoms with van der Waals surface area (Å²) in [6.45, 7) is 3.24. The van der Waals surface area contributed by atoms with Gasteiger partial charge in [0.2, 0.25) is 0 Å². The Balaban J connectivity index is 0. The number of allylic oxidation sites excluding steroid dienone is 4. The Labute approximate surface area is 102 Å². The number of carbonyl (C=O) groups excluding carboxylic acids is 1. The van der Waals surface area contributed by atoms with Gasteiger partial charge < -0.3 is 9.53 Å². The van der Waals surface area contributed by atoms with E-state index in [4.69, 9.17) is 32.7 Å². The van der Waals surface area contributed by atoms with Crippen LogP contribution in [0.3, 0.4) is 0 Å². The quantitative estimate of drug-likeness (QED) is 0.546. The van der Waals surface area contributed by atoms with Gasteiger partial charge in [0.25, 0.3) is 0 Å². The molecule has 0 bridgehead atoms. The topological polar surface area (TPSA) is 26.3 Å². The molecule has 2 nitrogen and oxygen atoms in total. The molecular weight excluding hydrogens is 282 g/mol. The molecule has 1 aliphatic rings. The van der Waals surface area contributed by atoms with Gasteiger partial charge in [0.15, 0.2) is 0 Å². The molecule has 0 spiro atoms. The van der Waals surface area contributed by atoms with Gasteiger partial charge in [0.1, 0.15) is 0 Å². The Bertz CT molecular complexity index is 188. The number of rotatable bonds is 1. The van der Waals surface area contributed by atoms with Crippen LogP contribution in [0.4, 0.5) is 0 Å². The van der Waals surface area contributed by atoms with Crippen molar-refractivity contribution in [3.05, 3.63) is 23.8 Å². The van der Waals surface area contributed by atoms with Gasteiger partial charge in [-0.05, 0) is 0 Å². The third kappa shape index (κ3) is 22.9. The molecule has 0 heterocycles. The summed E-state index contributed by atoms with van der Waals surface area (Å²) >= 11 is -1.92. The van der Waals surface area contributed by atoms with Crippen LogP contribution < -0.4 is 0 Å². The molecule has 14 heavy (non-hydrogen) atoms. The van der Waals surface area contributed by atoms with E-state index in [1.807, 2.05) is 0 Å². The van der Waals surface area contributed by atoms with E-state index in [0.29, 0.717) is 0 Å². The van der Waals surface area contributed by atoms with Crippen molar-refractivity contribution in [3.8, 4) is 0 Å². The van der Waals surface area contributed by atoms with Crippen LogP contribution in [-0.4, -0.2) is 13.6 Å². The fourth-order valence-corrected chi connectivity index (χ4v) is 0.515. The SMILES string of the molecule is CC1=[C-]CC=C1.CO[C-]=O.[Cl][Ti]([Cl])[Cl]. The summed E-state index contributed by atoms with van der Waals surface area (Å²) in [5, 5.41) is 0. The van der Waals surface area contributed by atoms with Crippen LogP contribution in [0.15, 0.2) is 17.7 Å². The second-order valence-corrected chi connectivity index (χ2v) is 9.71. The first-order valence-corrected chi connectivity index (χ1v) is 9.96. The Kier molecular flexibility index (Phi) is 16.4. The van der Waals surface area contributed by atoms with Crippen LogP contribution in [0.5, 0.6) is 0 Å². The average molecular weight is 292 g/mol. The molecule has 81 valence electrons. The van der Waals surface area contributed by atoms with E-state index in [1.165, 1.54) is 19.2 Å². The molecular formula is C8H10Cl3O2Ti-2. The van der Waals surface area contributed by atoms with Gasteiger partial charge in [-0.2, -0.15) is 6.08 Å². The van der Waals surface area contributed by atoms with E-state index in [1.54, 1.807) is 0 Å². The van der Waals surface area contributed by atoms with Crippen LogP contribution in [-0.2, 0) is 24.2 Å². The van der Waals surface area contributed by atoms with Crippen molar-refractivity contribution in [2.75, 3.05) is 7.11 Å². The van der Waals surface area contributed by atoms with E-state index in [9.17, 15) is 0 Å². The molecule has 0 aromatic rings. The number of hydrogen-bond donors (Lipinski definition) is 0. The second kappa shape index (κ2) is 13.5. The first-order chi connectivity index (χ1) is 6.54. The molecule has 0 amide bonds. The van der Waals surface area contributed by atoms with Gasteiger partial charge in [-0.25, -0.2) is 11.6 Å². The van der Waals surface area contributed by atoms with Crippen molar-refractivity contribution in [2.45, 2.75) is 13.3 Å². The predicted molar refractivity (Wildman–Crippen MR) is 56.4 cm³/mol. The van der Waals surface area contributed by atoms with E-state index in [-0.39, 0.29) is 0 Å². The molecule has 0 saturated heterocycles. The third-order valence-corrected chi connectivity index (χ3v) is 0.950. The molecule has 0 fully saturated rings. The van der Waals surface area contributed by atoms with Crippen LogP contribution in [0.25, 0.3) is 0 Å². The molecule has 0 aromatic carbocycles. The van der Waals surface area contributed by atoms with Gasteiger partial charge in [-0.15, -0.1) is 6.42 Å². The Morgan fingerprint density at radius 3 is 2.07 bits per heavy atom. The maximum absolute atomic E-state index is 8.83. The molecule has 1 rings (SSSR count). The number of hydrogen-bond acceptors (Lipinski definition) is 2. The van der Waals surface area contributed by atoms with Crippen molar-refractivity contribution >= 4 is 34.4 Å². The fraction of sp³-hybridized carbons (Fsp3) is 0.375. The standard InChI is InChI=1S/C6H7.C2H3O2.3ClH.Ti/c1-6-4-2-3-5-6;1-4-2-3;;;;/h2,4H,3H2,1H3;1H3;3*1H;/q2*-1;;;;+3/p-3. The van der Waals surface area contributed by atoms with Crippen LogP contribution in [0, 0.1) is 6.08 Å². The number of halogens is 3. The minimum absolute atomic E-state index is 1.02. The summed E-state index contributed by atoms with van der Waals surface area (Å²) in [4.78, 5) is 8.83. The number of ether oxygens (including phenoxy) is 1. The van der Waals surface area contributed by atoms with Gasteiger partial charge in [-0.3, -0.25) is 6.08 Å². The van der Waals surface area contributed by atoms with Crippen molar-refractivity contribution in [3.63, 3.8) is 0 Å². The summed E-state index contributed by atoms with van der Waals surface area (Å²) in [5.41, 5.74) is 1.27. The maximum atomic E-state index is 8.83. The normalized spacial score (nSPS) is 11.4. The van der Waals surface area contributed by atoms with Gasteiger partial charge >= 0.3 is 42.6 Å². The summed E-state index contributed by atoms with van der Waals surface area (Å²) in [7, 11) is 16.2. The summed E-state index contributed by atoms with van der Waals surface area (Å²) in [6, 6.07) is 0. The van der Waals surface area contributed by atoms with E-state index >= 15 is 0 Å². The van der Waals surface area contributed by atoms with Gasteiger partial charge in [-0.1, -0.05) is 13.4 Å². The molecule has 0 aliphatic heterocycles. The minimum atomic E-state index is -1.92. The predicted octanol–water partition coefficient (Wildman–Crippen LogP) is 3.46. The fourth-order valence-electron chi connectivity index (χ4n) is 0.515. The van der Waals surface area contributed by atoms with Crippen molar-refractivity contribution < 1.29 is 24.2 Å². The van der Waals surface area contributed by atoms with Crippen molar-refractivity contribution in [1.82, 2.24) is 0 Å². The molecule has 6 heteroatoms. The molecule has 0 radical (unpaired) electrons. The van der Waals surface area contributed by atoms with Gasteiger partial charge in [0, 0.05) is 7.11 Å². The molecule has 0 aromatic heterocycles. The van der Waals surface area contributed by atoms with Crippen molar-refractivity contribution in [1.29, 1.82) is 0 Å². The van der Waals surface area contributed by atoms with Crippen LogP contribution >= 0.6 is 27.9 Å². The third-order valence-electron chi connectivity index (χ3n) is 0.950. The monoisotopic (exact) mass is 291 g/mol. The first kappa shape index (κ1) is 16.9. The molecule has 0 atom stereocenters. The summed E-state index contributed by atoms with van der Waals surface area (Å²) in [5.74, 6) is 0. The Morgan fingerprint density at radius 2 is 2.00 bits per heavy atom. The average Bonchev–Trinajstić information content (AvgIpc) is 2.55. The summed E-state index contributed by atoms with van der Waals surface area (Å²) < 4.78 is 3.74. The van der Waals surface area contributed by atoms with Crippen LogP contribution in [0.2, 0.25) is 0 Å². The molecule has 1 aliphatic carbocycles. The molecule has 0 N–H and O–H groups in total. The Hall–Kier alpha value is 0.534. The van der Waals surface area contributed by atoms with E-state index in [2.05, 4.69) is 29.9 Å². The van der Waals surface area contributed by atoms with Gasteiger partial charge in [0.05, 0.1) is 0 Å². The van der Waals surface area contributed by atoms with E-state index in [0.717, 1.165) is 6.42 Å². The Morgan fingerprint density at radius 1 is 1.57 bits per heavy atom. The summed E-state index contributed by atoms with van der Waals surface area (Å²) in [6.07, 6.45) is 8.33. The second-order valence-electron chi connectivity index (χ2n) is 1.97. The van der Waals surface area contributed by atoms with E-state index < -0.39 is 14.7 Å². The number of methoxy groups -OCH3 is 1. The van der Waals surface area contributed by atoms with Crippen molar-refractivity contribution in [2.24, 2.45) is 0 Å². The zero-order valence-corrected chi connectivity index (χ0v) is 11.6. The first-order valence-electron chi connectivity index (χ1n) is 3.52.